The zero-order valence-corrected chi connectivity index (χ0v) is 16.1. The molecule has 1 aromatic heterocycles. The summed E-state index contributed by atoms with van der Waals surface area (Å²) < 4.78 is 7.17. The van der Waals surface area contributed by atoms with Crippen molar-refractivity contribution >= 4 is 12.1 Å². The fraction of sp³-hybridized carbons (Fsp3) is 0.381. The van der Waals surface area contributed by atoms with Crippen LogP contribution < -0.4 is 15.7 Å². The zero-order valence-electron chi connectivity index (χ0n) is 16.1. The summed E-state index contributed by atoms with van der Waals surface area (Å²) in [6, 6.07) is 10.6. The summed E-state index contributed by atoms with van der Waals surface area (Å²) in [5, 5.41) is 3.94. The molecule has 27 heavy (non-hydrogen) atoms. The number of unbranched alkanes of at least 4 members (excludes halogenated alkanes) is 2. The molecule has 1 aromatic carbocycles. The van der Waals surface area contributed by atoms with Gasteiger partial charge in [-0.2, -0.15) is 5.10 Å². The Labute approximate surface area is 159 Å². The van der Waals surface area contributed by atoms with Crippen LogP contribution in [0.15, 0.2) is 52.5 Å². The van der Waals surface area contributed by atoms with Gasteiger partial charge in [0.1, 0.15) is 11.3 Å². The molecule has 0 aliphatic carbocycles. The molecule has 2 rings (SSSR count). The van der Waals surface area contributed by atoms with Crippen molar-refractivity contribution in [2.75, 3.05) is 6.61 Å². The standard InChI is InChI=1S/C21H27N3O3/c1-4-5-6-14-27-18-11-9-17(10-12-18)15-22-23-20(25)19-8-7-13-24(16(2)3)21(19)26/h7-13,15-16H,4-6,14H2,1-3H3,(H,23,25)/b22-15-. The summed E-state index contributed by atoms with van der Waals surface area (Å²) in [5.74, 6) is 0.285. The van der Waals surface area contributed by atoms with Gasteiger partial charge < -0.3 is 9.30 Å². The second kappa shape index (κ2) is 10.3. The third-order valence-corrected chi connectivity index (χ3v) is 4.05. The maximum absolute atomic E-state index is 12.3. The number of hydrogen-bond acceptors (Lipinski definition) is 4. The van der Waals surface area contributed by atoms with E-state index in [4.69, 9.17) is 4.74 Å². The molecule has 0 saturated heterocycles. The van der Waals surface area contributed by atoms with E-state index in [9.17, 15) is 9.59 Å². The van der Waals surface area contributed by atoms with Crippen LogP contribution in [0.1, 0.15) is 62.0 Å². The smallest absolute Gasteiger partial charge is 0.276 e. The van der Waals surface area contributed by atoms with Gasteiger partial charge in [-0.15, -0.1) is 0 Å². The van der Waals surface area contributed by atoms with E-state index in [-0.39, 0.29) is 17.2 Å². The Morgan fingerprint density at radius 3 is 2.63 bits per heavy atom. The van der Waals surface area contributed by atoms with Crippen LogP contribution in [0.2, 0.25) is 0 Å². The van der Waals surface area contributed by atoms with Gasteiger partial charge in [0.05, 0.1) is 12.8 Å². The maximum atomic E-state index is 12.3. The van der Waals surface area contributed by atoms with E-state index >= 15 is 0 Å². The Morgan fingerprint density at radius 2 is 1.96 bits per heavy atom. The van der Waals surface area contributed by atoms with Crippen molar-refractivity contribution in [2.24, 2.45) is 5.10 Å². The lowest BCUT2D eigenvalue weighted by Gasteiger charge is -2.10. The quantitative estimate of drug-likeness (QED) is 0.415. The largest absolute Gasteiger partial charge is 0.494 e. The van der Waals surface area contributed by atoms with Crippen molar-refractivity contribution < 1.29 is 9.53 Å². The monoisotopic (exact) mass is 369 g/mol. The maximum Gasteiger partial charge on any atom is 0.276 e. The molecule has 1 N–H and O–H groups in total. The second-order valence-corrected chi connectivity index (χ2v) is 6.55. The number of amides is 1. The topological polar surface area (TPSA) is 72.7 Å². The summed E-state index contributed by atoms with van der Waals surface area (Å²) in [4.78, 5) is 24.5. The highest BCUT2D eigenvalue weighted by atomic mass is 16.5. The number of pyridine rings is 1. The predicted octanol–water partition coefficient (Wildman–Crippen LogP) is 3.76. The minimum absolute atomic E-state index is 0.0172. The molecule has 0 bridgehead atoms. The molecule has 0 unspecified atom stereocenters. The van der Waals surface area contributed by atoms with Gasteiger partial charge in [-0.25, -0.2) is 5.43 Å². The number of carbonyl (C=O) groups is 1. The van der Waals surface area contributed by atoms with Crippen LogP contribution in [0.25, 0.3) is 0 Å². The normalized spacial score (nSPS) is 11.1. The fourth-order valence-electron chi connectivity index (χ4n) is 2.51. The van der Waals surface area contributed by atoms with E-state index in [2.05, 4.69) is 17.5 Å². The van der Waals surface area contributed by atoms with Crippen LogP contribution >= 0.6 is 0 Å². The van der Waals surface area contributed by atoms with E-state index in [1.54, 1.807) is 12.3 Å². The van der Waals surface area contributed by atoms with Crippen LogP contribution in [0.5, 0.6) is 5.75 Å². The van der Waals surface area contributed by atoms with Crippen molar-refractivity contribution in [2.45, 2.75) is 46.1 Å². The molecule has 0 aliphatic rings. The first-order valence-electron chi connectivity index (χ1n) is 9.30. The van der Waals surface area contributed by atoms with Gasteiger partial charge in [-0.1, -0.05) is 19.8 Å². The Bertz CT molecular complexity index is 823. The molecule has 0 saturated carbocycles. The van der Waals surface area contributed by atoms with E-state index in [1.807, 2.05) is 38.1 Å². The Morgan fingerprint density at radius 1 is 1.22 bits per heavy atom. The third kappa shape index (κ3) is 6.09. The number of hydrazone groups is 1. The summed E-state index contributed by atoms with van der Waals surface area (Å²) >= 11 is 0. The SMILES string of the molecule is CCCCCOc1ccc(/C=N\NC(=O)c2cccn(C(C)C)c2=O)cc1. The van der Waals surface area contributed by atoms with E-state index in [1.165, 1.54) is 23.3 Å². The number of aromatic nitrogens is 1. The lowest BCUT2D eigenvalue weighted by Crippen LogP contribution is -2.31. The summed E-state index contributed by atoms with van der Waals surface area (Å²) in [5.41, 5.74) is 2.97. The third-order valence-electron chi connectivity index (χ3n) is 4.05. The summed E-state index contributed by atoms with van der Waals surface area (Å²) in [6.45, 7) is 6.64. The zero-order chi connectivity index (χ0) is 19.6. The van der Waals surface area contributed by atoms with Crippen molar-refractivity contribution in [1.82, 2.24) is 9.99 Å². The highest BCUT2D eigenvalue weighted by molar-refractivity contribution is 5.94. The number of rotatable bonds is 9. The van der Waals surface area contributed by atoms with Crippen molar-refractivity contribution in [3.63, 3.8) is 0 Å². The van der Waals surface area contributed by atoms with Crippen LogP contribution in [-0.4, -0.2) is 23.3 Å². The summed E-state index contributed by atoms with van der Waals surface area (Å²) in [6.07, 6.45) is 6.57. The first-order chi connectivity index (χ1) is 13.0. The molecule has 144 valence electrons. The molecule has 1 heterocycles. The minimum atomic E-state index is -0.526. The van der Waals surface area contributed by atoms with Crippen molar-refractivity contribution in [1.29, 1.82) is 0 Å². The van der Waals surface area contributed by atoms with E-state index in [0.29, 0.717) is 6.61 Å². The fourth-order valence-corrected chi connectivity index (χ4v) is 2.51. The summed E-state index contributed by atoms with van der Waals surface area (Å²) in [7, 11) is 0. The molecule has 0 fully saturated rings. The first-order valence-corrected chi connectivity index (χ1v) is 9.30. The average Bonchev–Trinajstić information content (AvgIpc) is 2.66. The van der Waals surface area contributed by atoms with Gasteiger partial charge in [0.25, 0.3) is 11.5 Å². The lowest BCUT2D eigenvalue weighted by atomic mass is 10.2. The van der Waals surface area contributed by atoms with Crippen LogP contribution in [0.4, 0.5) is 0 Å². The van der Waals surface area contributed by atoms with Gasteiger partial charge in [-0.3, -0.25) is 9.59 Å². The minimum Gasteiger partial charge on any atom is -0.494 e. The number of carbonyl (C=O) groups excluding carboxylic acids is 1. The number of ether oxygens (including phenoxy) is 1. The number of benzene rings is 1. The molecule has 6 heteroatoms. The van der Waals surface area contributed by atoms with Crippen LogP contribution in [0.3, 0.4) is 0 Å². The molecular weight excluding hydrogens is 342 g/mol. The molecule has 6 nitrogen and oxygen atoms in total. The number of nitrogens with zero attached hydrogens (tertiary/aromatic N) is 2. The molecule has 0 atom stereocenters. The molecular formula is C21H27N3O3. The van der Waals surface area contributed by atoms with Crippen molar-refractivity contribution in [3.8, 4) is 5.75 Å². The molecule has 0 aliphatic heterocycles. The van der Waals surface area contributed by atoms with E-state index in [0.717, 1.165) is 24.2 Å². The Kier molecular flexibility index (Phi) is 7.79. The van der Waals surface area contributed by atoms with E-state index < -0.39 is 5.91 Å². The Balaban J connectivity index is 1.92. The second-order valence-electron chi connectivity index (χ2n) is 6.55. The van der Waals surface area contributed by atoms with Gasteiger partial charge in [-0.05, 0) is 62.2 Å². The van der Waals surface area contributed by atoms with Crippen LogP contribution in [-0.2, 0) is 0 Å². The highest BCUT2D eigenvalue weighted by Gasteiger charge is 2.12. The lowest BCUT2D eigenvalue weighted by molar-refractivity contribution is 0.0953. The first kappa shape index (κ1) is 20.4. The van der Waals surface area contributed by atoms with Crippen LogP contribution in [0, 0.1) is 0 Å². The predicted molar refractivity (Wildman–Crippen MR) is 108 cm³/mol. The number of nitrogens with one attached hydrogen (secondary N) is 1. The van der Waals surface area contributed by atoms with Gasteiger partial charge in [0, 0.05) is 12.2 Å². The van der Waals surface area contributed by atoms with Crippen molar-refractivity contribution in [3.05, 3.63) is 64.1 Å². The molecule has 1 amide bonds. The van der Waals surface area contributed by atoms with Gasteiger partial charge in [0.2, 0.25) is 0 Å². The molecule has 0 spiro atoms. The number of hydrogen-bond donors (Lipinski definition) is 1. The van der Waals surface area contributed by atoms with Gasteiger partial charge >= 0.3 is 0 Å². The molecule has 2 aromatic rings. The average molecular weight is 369 g/mol. The highest BCUT2D eigenvalue weighted by Crippen LogP contribution is 2.12. The Hall–Kier alpha value is -2.89. The molecule has 0 radical (unpaired) electrons. The van der Waals surface area contributed by atoms with Gasteiger partial charge in [0.15, 0.2) is 0 Å².